The van der Waals surface area contributed by atoms with E-state index >= 15 is 0 Å². The van der Waals surface area contributed by atoms with Crippen molar-refractivity contribution < 1.29 is 14.7 Å². The fraction of sp³-hybridized carbons (Fsp3) is 0.857. The second kappa shape index (κ2) is 4.25. The van der Waals surface area contributed by atoms with Crippen molar-refractivity contribution in [1.82, 2.24) is 5.32 Å². The molecule has 18 heavy (non-hydrogen) atoms. The SMILES string of the molecule is CC1(C)[C@@H]2CC[C@@]1(C)[C@H](NC(=O)CCC(=O)O)C2. The molecule has 0 aromatic rings. The number of fused-ring (bicyclic) bond motifs is 2. The Bertz CT molecular complexity index is 377. The zero-order valence-corrected chi connectivity index (χ0v) is 11.5. The van der Waals surface area contributed by atoms with Crippen molar-refractivity contribution in [1.29, 1.82) is 0 Å². The Balaban J connectivity index is 1.96. The first-order valence-corrected chi connectivity index (χ1v) is 6.78. The second-order valence-electron chi connectivity index (χ2n) is 6.62. The summed E-state index contributed by atoms with van der Waals surface area (Å²) in [7, 11) is 0. The predicted molar refractivity (Wildman–Crippen MR) is 68.0 cm³/mol. The van der Waals surface area contributed by atoms with Crippen LogP contribution in [0, 0.1) is 16.7 Å². The Morgan fingerprint density at radius 1 is 1.28 bits per heavy atom. The lowest BCUT2D eigenvalue weighted by Crippen LogP contribution is -2.46. The summed E-state index contributed by atoms with van der Waals surface area (Å²) in [6.45, 7) is 6.87. The number of carbonyl (C=O) groups is 2. The molecule has 4 nitrogen and oxygen atoms in total. The summed E-state index contributed by atoms with van der Waals surface area (Å²) in [5, 5.41) is 11.6. The minimum Gasteiger partial charge on any atom is -0.481 e. The maximum Gasteiger partial charge on any atom is 0.303 e. The minimum absolute atomic E-state index is 0.0813. The van der Waals surface area contributed by atoms with Gasteiger partial charge in [0, 0.05) is 12.5 Å². The van der Waals surface area contributed by atoms with Crippen molar-refractivity contribution in [2.24, 2.45) is 16.7 Å². The Kier molecular flexibility index (Phi) is 3.16. The van der Waals surface area contributed by atoms with E-state index in [0.717, 1.165) is 12.8 Å². The maximum absolute atomic E-state index is 11.8. The molecule has 2 bridgehead atoms. The van der Waals surface area contributed by atoms with Gasteiger partial charge in [-0.25, -0.2) is 0 Å². The summed E-state index contributed by atoms with van der Waals surface area (Å²) in [6.07, 6.45) is 3.47. The van der Waals surface area contributed by atoms with Crippen molar-refractivity contribution in [2.75, 3.05) is 0 Å². The highest BCUT2D eigenvalue weighted by atomic mass is 16.4. The maximum atomic E-state index is 11.8. The standard InChI is InChI=1S/C14H23NO3/c1-13(2)9-6-7-14(13,3)10(8-9)15-11(16)4-5-12(17)18/h9-10H,4-8H2,1-3H3,(H,15,16)(H,17,18)/t9-,10-,14+/m1/s1. The third-order valence-corrected chi connectivity index (χ3v) is 5.70. The highest BCUT2D eigenvalue weighted by molar-refractivity contribution is 5.80. The summed E-state index contributed by atoms with van der Waals surface area (Å²) >= 11 is 0. The molecule has 2 N–H and O–H groups in total. The highest BCUT2D eigenvalue weighted by Crippen LogP contribution is 2.65. The van der Waals surface area contributed by atoms with Gasteiger partial charge in [-0.05, 0) is 36.0 Å². The third-order valence-electron chi connectivity index (χ3n) is 5.70. The monoisotopic (exact) mass is 253 g/mol. The summed E-state index contributed by atoms with van der Waals surface area (Å²) in [4.78, 5) is 22.2. The van der Waals surface area contributed by atoms with E-state index in [1.807, 2.05) is 0 Å². The molecular weight excluding hydrogens is 230 g/mol. The van der Waals surface area contributed by atoms with Gasteiger partial charge in [0.25, 0.3) is 0 Å². The van der Waals surface area contributed by atoms with E-state index in [1.165, 1.54) is 6.42 Å². The van der Waals surface area contributed by atoms with Gasteiger partial charge in [0.05, 0.1) is 6.42 Å². The fourth-order valence-electron chi connectivity index (χ4n) is 3.91. The van der Waals surface area contributed by atoms with Crippen LogP contribution in [0.2, 0.25) is 0 Å². The van der Waals surface area contributed by atoms with Crippen molar-refractivity contribution in [3.8, 4) is 0 Å². The number of carbonyl (C=O) groups excluding carboxylic acids is 1. The lowest BCUT2D eigenvalue weighted by Gasteiger charge is -2.39. The molecule has 2 rings (SSSR count). The normalized spacial score (nSPS) is 36.6. The largest absolute Gasteiger partial charge is 0.481 e. The van der Waals surface area contributed by atoms with Crippen LogP contribution in [-0.4, -0.2) is 23.0 Å². The van der Waals surface area contributed by atoms with Crippen LogP contribution in [0.3, 0.4) is 0 Å². The molecule has 0 aromatic carbocycles. The van der Waals surface area contributed by atoms with Crippen molar-refractivity contribution >= 4 is 11.9 Å². The summed E-state index contributed by atoms with van der Waals surface area (Å²) in [5.41, 5.74) is 0.439. The van der Waals surface area contributed by atoms with Gasteiger partial charge in [-0.15, -0.1) is 0 Å². The number of carboxylic acids is 1. The third kappa shape index (κ3) is 1.91. The average molecular weight is 253 g/mol. The first-order valence-electron chi connectivity index (χ1n) is 6.78. The lowest BCUT2D eigenvalue weighted by atomic mass is 9.69. The van der Waals surface area contributed by atoms with Crippen LogP contribution in [0.1, 0.15) is 52.9 Å². The molecule has 0 unspecified atom stereocenters. The predicted octanol–water partition coefficient (Wildman–Crippen LogP) is 2.18. The quantitative estimate of drug-likeness (QED) is 0.807. The van der Waals surface area contributed by atoms with E-state index in [2.05, 4.69) is 26.1 Å². The van der Waals surface area contributed by atoms with Gasteiger partial charge < -0.3 is 10.4 Å². The first-order chi connectivity index (χ1) is 8.27. The molecule has 0 spiro atoms. The van der Waals surface area contributed by atoms with Gasteiger partial charge in [0.2, 0.25) is 5.91 Å². The molecule has 0 heterocycles. The van der Waals surface area contributed by atoms with Gasteiger partial charge in [-0.1, -0.05) is 20.8 Å². The molecule has 2 aliphatic rings. The average Bonchev–Trinajstić information content (AvgIpc) is 2.59. The molecule has 4 heteroatoms. The molecule has 0 aromatic heterocycles. The number of aliphatic carboxylic acids is 1. The van der Waals surface area contributed by atoms with Crippen LogP contribution < -0.4 is 5.32 Å². The van der Waals surface area contributed by atoms with Crippen molar-refractivity contribution in [2.45, 2.75) is 58.9 Å². The minimum atomic E-state index is -0.912. The van der Waals surface area contributed by atoms with E-state index in [-0.39, 0.29) is 35.6 Å². The van der Waals surface area contributed by atoms with Gasteiger partial charge in [0.1, 0.15) is 0 Å². The highest BCUT2D eigenvalue weighted by Gasteiger charge is 2.61. The lowest BCUT2D eigenvalue weighted by molar-refractivity contribution is -0.139. The summed E-state index contributed by atoms with van der Waals surface area (Å²) < 4.78 is 0. The molecule has 102 valence electrons. The van der Waals surface area contributed by atoms with E-state index < -0.39 is 5.97 Å². The van der Waals surface area contributed by atoms with Gasteiger partial charge >= 0.3 is 5.97 Å². The number of nitrogens with one attached hydrogen (secondary N) is 1. The first kappa shape index (κ1) is 13.4. The molecule has 2 saturated carbocycles. The fourth-order valence-corrected chi connectivity index (χ4v) is 3.91. The Hall–Kier alpha value is -1.06. The molecule has 3 atom stereocenters. The molecule has 0 aliphatic heterocycles. The number of hydrogen-bond donors (Lipinski definition) is 2. The Labute approximate surface area is 108 Å². The topological polar surface area (TPSA) is 66.4 Å². The van der Waals surface area contributed by atoms with Crippen molar-refractivity contribution in [3.05, 3.63) is 0 Å². The summed E-state index contributed by atoms with van der Waals surface area (Å²) in [6, 6.07) is 0.215. The van der Waals surface area contributed by atoms with Crippen LogP contribution in [0.4, 0.5) is 0 Å². The van der Waals surface area contributed by atoms with E-state index in [9.17, 15) is 9.59 Å². The van der Waals surface area contributed by atoms with Crippen LogP contribution in [0.25, 0.3) is 0 Å². The molecule has 2 fully saturated rings. The molecule has 2 aliphatic carbocycles. The Morgan fingerprint density at radius 2 is 1.94 bits per heavy atom. The van der Waals surface area contributed by atoms with Crippen LogP contribution in [-0.2, 0) is 9.59 Å². The summed E-state index contributed by atoms with van der Waals surface area (Å²) in [5.74, 6) is -0.344. The molecule has 1 amide bonds. The van der Waals surface area contributed by atoms with Gasteiger partial charge in [-0.2, -0.15) is 0 Å². The van der Waals surface area contributed by atoms with E-state index in [4.69, 9.17) is 5.11 Å². The number of amides is 1. The zero-order chi connectivity index (χ0) is 13.6. The smallest absolute Gasteiger partial charge is 0.303 e. The molecule has 0 radical (unpaired) electrons. The van der Waals surface area contributed by atoms with E-state index in [0.29, 0.717) is 5.92 Å². The van der Waals surface area contributed by atoms with Crippen LogP contribution in [0.15, 0.2) is 0 Å². The number of carboxylic acid groups (broad SMARTS) is 1. The second-order valence-corrected chi connectivity index (χ2v) is 6.62. The van der Waals surface area contributed by atoms with Crippen molar-refractivity contribution in [3.63, 3.8) is 0 Å². The zero-order valence-electron chi connectivity index (χ0n) is 11.5. The van der Waals surface area contributed by atoms with E-state index in [1.54, 1.807) is 0 Å². The molecular formula is C14H23NO3. The van der Waals surface area contributed by atoms with Crippen LogP contribution in [0.5, 0.6) is 0 Å². The molecule has 0 saturated heterocycles. The number of hydrogen-bond acceptors (Lipinski definition) is 2. The van der Waals surface area contributed by atoms with Crippen LogP contribution >= 0.6 is 0 Å². The van der Waals surface area contributed by atoms with Gasteiger partial charge in [-0.3, -0.25) is 9.59 Å². The Morgan fingerprint density at radius 3 is 2.39 bits per heavy atom. The number of rotatable bonds is 4. The van der Waals surface area contributed by atoms with Gasteiger partial charge in [0.15, 0.2) is 0 Å².